The van der Waals surface area contributed by atoms with Crippen molar-refractivity contribution in [2.45, 2.75) is 98.4 Å². The highest BCUT2D eigenvalue weighted by Gasteiger charge is 2.50. The highest BCUT2D eigenvalue weighted by molar-refractivity contribution is 5.01. The van der Waals surface area contributed by atoms with E-state index in [-0.39, 0.29) is 19.4 Å². The van der Waals surface area contributed by atoms with Crippen molar-refractivity contribution in [1.29, 1.82) is 0 Å². The van der Waals surface area contributed by atoms with Gasteiger partial charge in [0.15, 0.2) is 12.6 Å². The Morgan fingerprint density at radius 1 is 0.757 bits per heavy atom. The van der Waals surface area contributed by atoms with Crippen LogP contribution in [0.3, 0.4) is 0 Å². The molecule has 0 bridgehead atoms. The molecule has 0 amide bonds. The molecule has 15 heteroatoms. The topological polar surface area (TPSA) is 263 Å². The molecule has 14 atom stereocenters. The molecule has 0 radical (unpaired) electrons. The molecule has 1 saturated carbocycles. The zero-order valence-corrected chi connectivity index (χ0v) is 21.0. The van der Waals surface area contributed by atoms with Gasteiger partial charge < -0.3 is 73.4 Å². The fraction of sp³-hybridized carbons (Fsp3) is 1.00. The monoisotopic (exact) mass is 535 g/mol. The summed E-state index contributed by atoms with van der Waals surface area (Å²) in [5, 5.41) is 45.9. The van der Waals surface area contributed by atoms with E-state index in [1.54, 1.807) is 0 Å². The quantitative estimate of drug-likeness (QED) is 0.145. The molecule has 216 valence electrons. The standard InChI is InChI=1S/C22H45N7O8/c23-7-13-12(30)6-11(26)21(34-13)36-19-9(24)5-10(25)20(18(19)33)37-22-17(32)15(27)16(31)14(35-22)8-29-3-1-28-2-4-29/h9-22,28,30-33H,1-8,23-27H2. The zero-order valence-electron chi connectivity index (χ0n) is 21.0. The van der Waals surface area contributed by atoms with Gasteiger partial charge in [-0.05, 0) is 12.8 Å². The summed E-state index contributed by atoms with van der Waals surface area (Å²) in [4.78, 5) is 2.13. The molecular weight excluding hydrogens is 490 g/mol. The largest absolute Gasteiger partial charge is 0.390 e. The average Bonchev–Trinajstić information content (AvgIpc) is 2.87. The van der Waals surface area contributed by atoms with E-state index in [4.69, 9.17) is 47.6 Å². The fourth-order valence-corrected chi connectivity index (χ4v) is 5.58. The van der Waals surface area contributed by atoms with Crippen LogP contribution in [0.25, 0.3) is 0 Å². The predicted molar refractivity (Wildman–Crippen MR) is 131 cm³/mol. The van der Waals surface area contributed by atoms with Gasteiger partial charge in [0.25, 0.3) is 0 Å². The number of aliphatic hydroxyl groups is 4. The van der Waals surface area contributed by atoms with Crippen LogP contribution in [-0.4, -0.2) is 150 Å². The zero-order chi connectivity index (χ0) is 26.9. The van der Waals surface area contributed by atoms with Crippen LogP contribution in [0.1, 0.15) is 12.8 Å². The van der Waals surface area contributed by atoms with Crippen molar-refractivity contribution in [2.75, 3.05) is 39.3 Å². The van der Waals surface area contributed by atoms with Gasteiger partial charge in [0, 0.05) is 51.4 Å². The number of hydrogen-bond acceptors (Lipinski definition) is 15. The summed E-state index contributed by atoms with van der Waals surface area (Å²) in [5.74, 6) is 0. The molecule has 0 aromatic heterocycles. The Hall–Kier alpha value is -0.600. The lowest BCUT2D eigenvalue weighted by Gasteiger charge is -2.48. The Balaban J connectivity index is 1.42. The molecule has 3 heterocycles. The second kappa shape index (κ2) is 12.7. The Kier molecular flexibility index (Phi) is 10.1. The number of hydrogen-bond donors (Lipinski definition) is 10. The Bertz CT molecular complexity index is 725. The van der Waals surface area contributed by atoms with E-state index in [0.717, 1.165) is 26.2 Å². The molecule has 0 aromatic carbocycles. The minimum atomic E-state index is -1.36. The summed E-state index contributed by atoms with van der Waals surface area (Å²) in [7, 11) is 0. The second-order valence-electron chi connectivity index (χ2n) is 10.7. The third-order valence-corrected chi connectivity index (χ3v) is 7.88. The number of rotatable bonds is 7. The van der Waals surface area contributed by atoms with Gasteiger partial charge in [0.1, 0.15) is 30.5 Å². The van der Waals surface area contributed by atoms with E-state index in [0.29, 0.717) is 6.54 Å². The molecule has 4 rings (SSSR count). The van der Waals surface area contributed by atoms with Crippen molar-refractivity contribution >= 4 is 0 Å². The summed E-state index contributed by atoms with van der Waals surface area (Å²) in [5.41, 5.74) is 30.5. The van der Waals surface area contributed by atoms with E-state index >= 15 is 0 Å². The van der Waals surface area contributed by atoms with Crippen molar-refractivity contribution in [3.05, 3.63) is 0 Å². The first kappa shape index (κ1) is 29.4. The van der Waals surface area contributed by atoms with Crippen molar-refractivity contribution in [3.63, 3.8) is 0 Å². The number of ether oxygens (including phenoxy) is 4. The van der Waals surface area contributed by atoms with Crippen LogP contribution in [0, 0.1) is 0 Å². The maximum absolute atomic E-state index is 11.2. The van der Waals surface area contributed by atoms with E-state index < -0.39 is 85.6 Å². The lowest BCUT2D eigenvalue weighted by Crippen LogP contribution is -2.68. The smallest absolute Gasteiger partial charge is 0.186 e. The second-order valence-corrected chi connectivity index (χ2v) is 10.7. The van der Waals surface area contributed by atoms with Crippen molar-refractivity contribution in [2.24, 2.45) is 28.7 Å². The van der Waals surface area contributed by atoms with Gasteiger partial charge in [-0.1, -0.05) is 0 Å². The van der Waals surface area contributed by atoms with Gasteiger partial charge in [-0.2, -0.15) is 0 Å². The van der Waals surface area contributed by atoms with Crippen molar-refractivity contribution in [3.8, 4) is 0 Å². The molecule has 3 aliphatic heterocycles. The van der Waals surface area contributed by atoms with Crippen LogP contribution in [0.5, 0.6) is 0 Å². The average molecular weight is 536 g/mol. The first-order valence-electron chi connectivity index (χ1n) is 13.1. The molecule has 15 N–H and O–H groups in total. The molecule has 15 nitrogen and oxygen atoms in total. The highest BCUT2D eigenvalue weighted by atomic mass is 16.7. The highest BCUT2D eigenvalue weighted by Crippen LogP contribution is 2.31. The number of aliphatic hydroxyl groups excluding tert-OH is 4. The molecule has 4 fully saturated rings. The molecule has 0 spiro atoms. The van der Waals surface area contributed by atoms with Crippen LogP contribution < -0.4 is 34.0 Å². The molecule has 14 unspecified atom stereocenters. The Morgan fingerprint density at radius 3 is 1.97 bits per heavy atom. The van der Waals surface area contributed by atoms with Gasteiger partial charge in [0.05, 0.1) is 30.4 Å². The van der Waals surface area contributed by atoms with Crippen molar-refractivity contribution < 1.29 is 39.4 Å². The summed E-state index contributed by atoms with van der Waals surface area (Å²) >= 11 is 0. The molecule has 37 heavy (non-hydrogen) atoms. The molecule has 4 aliphatic rings. The van der Waals surface area contributed by atoms with E-state index in [2.05, 4.69) is 10.2 Å². The third-order valence-electron chi connectivity index (χ3n) is 7.88. The lowest BCUT2D eigenvalue weighted by atomic mass is 9.84. The minimum Gasteiger partial charge on any atom is -0.390 e. The van der Waals surface area contributed by atoms with Crippen LogP contribution in [0.15, 0.2) is 0 Å². The van der Waals surface area contributed by atoms with Gasteiger partial charge >= 0.3 is 0 Å². The SMILES string of the molecule is NCC1OC(OC2C(N)CC(N)C(OC3OC(CN4CCNCC4)C(O)C(N)C3O)C2O)C(N)CC1O. The normalized spacial score (nSPS) is 50.2. The fourth-order valence-electron chi connectivity index (χ4n) is 5.58. The predicted octanol–water partition coefficient (Wildman–Crippen LogP) is -6.38. The van der Waals surface area contributed by atoms with Crippen molar-refractivity contribution in [1.82, 2.24) is 10.2 Å². The minimum absolute atomic E-state index is 0.0712. The van der Waals surface area contributed by atoms with Gasteiger partial charge in [0.2, 0.25) is 0 Å². The first-order chi connectivity index (χ1) is 17.6. The molecule has 3 saturated heterocycles. The van der Waals surface area contributed by atoms with E-state index in [9.17, 15) is 20.4 Å². The van der Waals surface area contributed by atoms with Crippen LogP contribution in [-0.2, 0) is 18.9 Å². The number of nitrogens with zero attached hydrogens (tertiary/aromatic N) is 1. The maximum Gasteiger partial charge on any atom is 0.186 e. The molecular formula is C22H45N7O8. The van der Waals surface area contributed by atoms with Crippen LogP contribution in [0.2, 0.25) is 0 Å². The van der Waals surface area contributed by atoms with Gasteiger partial charge in [-0.25, -0.2) is 0 Å². The van der Waals surface area contributed by atoms with Gasteiger partial charge in [-0.15, -0.1) is 0 Å². The Morgan fingerprint density at radius 2 is 1.35 bits per heavy atom. The number of nitrogens with two attached hydrogens (primary N) is 5. The van der Waals surface area contributed by atoms with E-state index in [1.165, 1.54) is 0 Å². The summed E-state index contributed by atoms with van der Waals surface area (Å²) in [6.07, 6.45) is -9.72. The summed E-state index contributed by atoms with van der Waals surface area (Å²) < 4.78 is 23.7. The first-order valence-corrected chi connectivity index (χ1v) is 13.1. The maximum atomic E-state index is 11.2. The Labute approximate surface area is 216 Å². The molecule has 1 aliphatic carbocycles. The number of nitrogens with one attached hydrogen (secondary N) is 1. The lowest BCUT2D eigenvalue weighted by molar-refractivity contribution is -0.313. The number of piperazine rings is 1. The summed E-state index contributed by atoms with van der Waals surface area (Å²) in [6.45, 7) is 3.69. The van der Waals surface area contributed by atoms with Gasteiger partial charge in [-0.3, -0.25) is 4.90 Å². The van der Waals surface area contributed by atoms with E-state index in [1.807, 2.05) is 0 Å². The van der Waals surface area contributed by atoms with Crippen LogP contribution >= 0.6 is 0 Å². The summed E-state index contributed by atoms with van der Waals surface area (Å²) in [6, 6.07) is -3.05. The van der Waals surface area contributed by atoms with Crippen LogP contribution in [0.4, 0.5) is 0 Å². The molecule has 0 aromatic rings. The third kappa shape index (κ3) is 6.59.